The van der Waals surface area contributed by atoms with Crippen LogP contribution in [0.15, 0.2) is 24.5 Å². The molecule has 2 amide bonds. The number of aromatic nitrogens is 6. The summed E-state index contributed by atoms with van der Waals surface area (Å²) in [6.07, 6.45) is 4.00. The number of hydrogen-bond donors (Lipinski definition) is 3. The molecule has 3 heterocycles. The second-order valence-corrected chi connectivity index (χ2v) is 8.39. The standard InChI is InChI=1S/C21H25N9O3/c1-21(2)9-12(21)19(31)26-15-8-13(16(28-27-15)20(32)22-3)25-18-17(33-5)11(6-7-23-18)14-10-24-30(4)29-14/h6-8,10,12H,9H2,1-5H3,(H,22,32)(H2,23,25,26,27,31). The highest BCUT2D eigenvalue weighted by molar-refractivity contribution is 6.00. The number of nitrogens with one attached hydrogen (secondary N) is 3. The van der Waals surface area contributed by atoms with Gasteiger partial charge in [0.2, 0.25) is 5.91 Å². The number of hydrogen-bond acceptors (Lipinski definition) is 9. The zero-order valence-corrected chi connectivity index (χ0v) is 19.0. The lowest BCUT2D eigenvalue weighted by molar-refractivity contribution is -0.118. The Bertz CT molecular complexity index is 1220. The molecule has 172 valence electrons. The molecule has 33 heavy (non-hydrogen) atoms. The average molecular weight is 451 g/mol. The fourth-order valence-corrected chi connectivity index (χ4v) is 3.50. The first-order valence-corrected chi connectivity index (χ1v) is 10.3. The van der Waals surface area contributed by atoms with Crippen molar-refractivity contribution in [2.45, 2.75) is 20.3 Å². The van der Waals surface area contributed by atoms with E-state index in [0.29, 0.717) is 28.5 Å². The number of carbonyl (C=O) groups is 2. The van der Waals surface area contributed by atoms with Crippen LogP contribution in [0.5, 0.6) is 5.75 Å². The van der Waals surface area contributed by atoms with Gasteiger partial charge in [-0.1, -0.05) is 13.8 Å². The van der Waals surface area contributed by atoms with Gasteiger partial charge in [-0.2, -0.15) is 15.0 Å². The Morgan fingerprint density at radius 1 is 1.27 bits per heavy atom. The molecule has 0 aromatic carbocycles. The Labute approximate surface area is 190 Å². The maximum absolute atomic E-state index is 12.5. The van der Waals surface area contributed by atoms with Gasteiger partial charge in [0.1, 0.15) is 5.69 Å². The van der Waals surface area contributed by atoms with E-state index in [1.54, 1.807) is 31.6 Å². The van der Waals surface area contributed by atoms with Gasteiger partial charge in [-0.3, -0.25) is 9.59 Å². The normalized spacial score (nSPS) is 16.1. The largest absolute Gasteiger partial charge is 0.492 e. The number of ether oxygens (including phenoxy) is 1. The van der Waals surface area contributed by atoms with Gasteiger partial charge in [-0.05, 0) is 17.9 Å². The third-order valence-electron chi connectivity index (χ3n) is 5.55. The average Bonchev–Trinajstić information content (AvgIpc) is 3.22. The van der Waals surface area contributed by atoms with E-state index in [4.69, 9.17) is 4.74 Å². The summed E-state index contributed by atoms with van der Waals surface area (Å²) in [5.74, 6) is 0.299. The van der Waals surface area contributed by atoms with Crippen LogP contribution < -0.4 is 20.7 Å². The van der Waals surface area contributed by atoms with Crippen LogP contribution in [-0.2, 0) is 11.8 Å². The van der Waals surface area contributed by atoms with Crippen LogP contribution in [0.25, 0.3) is 11.3 Å². The fourth-order valence-electron chi connectivity index (χ4n) is 3.50. The number of anilines is 3. The second kappa shape index (κ2) is 8.45. The molecule has 0 bridgehead atoms. The van der Waals surface area contributed by atoms with Gasteiger partial charge < -0.3 is 20.7 Å². The highest BCUT2D eigenvalue weighted by Gasteiger charge is 2.50. The Balaban J connectivity index is 1.69. The lowest BCUT2D eigenvalue weighted by atomic mass is 10.1. The number of nitrogens with zero attached hydrogens (tertiary/aromatic N) is 6. The van der Waals surface area contributed by atoms with Crippen molar-refractivity contribution < 1.29 is 14.3 Å². The van der Waals surface area contributed by atoms with Gasteiger partial charge >= 0.3 is 0 Å². The summed E-state index contributed by atoms with van der Waals surface area (Å²) in [4.78, 5) is 30.7. The van der Waals surface area contributed by atoms with Gasteiger partial charge in [0.25, 0.3) is 5.91 Å². The number of methoxy groups -OCH3 is 1. The van der Waals surface area contributed by atoms with Crippen LogP contribution in [0.1, 0.15) is 30.8 Å². The predicted molar refractivity (Wildman–Crippen MR) is 120 cm³/mol. The van der Waals surface area contributed by atoms with E-state index in [9.17, 15) is 9.59 Å². The molecule has 0 radical (unpaired) electrons. The number of rotatable bonds is 7. The van der Waals surface area contributed by atoms with Gasteiger partial charge in [-0.25, -0.2) is 4.98 Å². The van der Waals surface area contributed by atoms with Crippen molar-refractivity contribution in [3.05, 3.63) is 30.2 Å². The van der Waals surface area contributed by atoms with Crippen LogP contribution >= 0.6 is 0 Å². The SMILES string of the molecule is CNC(=O)c1nnc(NC(=O)C2CC2(C)C)cc1Nc1nccc(-c2cnn(C)n2)c1OC. The lowest BCUT2D eigenvalue weighted by Gasteiger charge is -2.15. The minimum absolute atomic E-state index is 0.0291. The van der Waals surface area contributed by atoms with Crippen LogP contribution in [0.3, 0.4) is 0 Å². The molecule has 1 aliphatic rings. The van der Waals surface area contributed by atoms with Gasteiger partial charge in [0, 0.05) is 32.3 Å². The van der Waals surface area contributed by atoms with E-state index in [1.807, 2.05) is 13.8 Å². The first-order chi connectivity index (χ1) is 15.7. The first-order valence-electron chi connectivity index (χ1n) is 10.3. The molecule has 3 N–H and O–H groups in total. The third kappa shape index (κ3) is 4.45. The highest BCUT2D eigenvalue weighted by Crippen LogP contribution is 2.52. The summed E-state index contributed by atoms with van der Waals surface area (Å²) >= 11 is 0. The number of aryl methyl sites for hydroxylation is 1. The van der Waals surface area contributed by atoms with E-state index in [-0.39, 0.29) is 28.8 Å². The fraction of sp³-hybridized carbons (Fsp3) is 0.381. The Hall–Kier alpha value is -4.09. The maximum atomic E-state index is 12.5. The van der Waals surface area contributed by atoms with Crippen molar-refractivity contribution >= 4 is 29.1 Å². The summed E-state index contributed by atoms with van der Waals surface area (Å²) < 4.78 is 5.59. The molecule has 1 saturated carbocycles. The van der Waals surface area contributed by atoms with E-state index in [0.717, 1.165) is 6.42 Å². The number of pyridine rings is 1. The van der Waals surface area contributed by atoms with Crippen LogP contribution in [0, 0.1) is 11.3 Å². The highest BCUT2D eigenvalue weighted by atomic mass is 16.5. The molecular formula is C21H25N9O3. The third-order valence-corrected chi connectivity index (χ3v) is 5.55. The minimum atomic E-state index is -0.449. The molecule has 3 aromatic rings. The van der Waals surface area contributed by atoms with E-state index in [1.165, 1.54) is 19.0 Å². The predicted octanol–water partition coefficient (Wildman–Crippen LogP) is 1.76. The molecule has 1 unspecified atom stereocenters. The summed E-state index contributed by atoms with van der Waals surface area (Å²) in [5.41, 5.74) is 1.57. The molecule has 1 fully saturated rings. The monoisotopic (exact) mass is 451 g/mol. The molecule has 12 nitrogen and oxygen atoms in total. The Morgan fingerprint density at radius 3 is 2.64 bits per heavy atom. The van der Waals surface area contributed by atoms with Crippen molar-refractivity contribution in [2.24, 2.45) is 18.4 Å². The molecule has 12 heteroatoms. The maximum Gasteiger partial charge on any atom is 0.273 e. The van der Waals surface area contributed by atoms with Crippen LogP contribution in [0.4, 0.5) is 17.3 Å². The summed E-state index contributed by atoms with van der Waals surface area (Å²) in [6, 6.07) is 3.29. The topological polar surface area (TPSA) is 149 Å². The van der Waals surface area contributed by atoms with Crippen molar-refractivity contribution in [3.8, 4) is 17.0 Å². The number of amides is 2. The molecular weight excluding hydrogens is 426 g/mol. The van der Waals surface area contributed by atoms with Gasteiger partial charge in [-0.15, -0.1) is 10.2 Å². The van der Waals surface area contributed by atoms with E-state index in [2.05, 4.69) is 41.3 Å². The van der Waals surface area contributed by atoms with Gasteiger partial charge in [0.05, 0.1) is 24.6 Å². The molecule has 1 aliphatic carbocycles. The Kier molecular flexibility index (Phi) is 5.66. The zero-order chi connectivity index (χ0) is 23.8. The van der Waals surface area contributed by atoms with Gasteiger partial charge in [0.15, 0.2) is 23.1 Å². The van der Waals surface area contributed by atoms with E-state index < -0.39 is 5.91 Å². The zero-order valence-electron chi connectivity index (χ0n) is 19.0. The first kappa shape index (κ1) is 22.1. The smallest absolute Gasteiger partial charge is 0.273 e. The minimum Gasteiger partial charge on any atom is -0.492 e. The van der Waals surface area contributed by atoms with E-state index >= 15 is 0 Å². The van der Waals surface area contributed by atoms with Crippen molar-refractivity contribution in [1.82, 2.24) is 35.5 Å². The molecule has 0 spiro atoms. The lowest BCUT2D eigenvalue weighted by Crippen LogP contribution is -2.23. The molecule has 0 aliphatic heterocycles. The molecule has 4 rings (SSSR count). The molecule has 3 aromatic heterocycles. The summed E-state index contributed by atoms with van der Waals surface area (Å²) in [6.45, 7) is 4.07. The quantitative estimate of drug-likeness (QED) is 0.488. The second-order valence-electron chi connectivity index (χ2n) is 8.39. The van der Waals surface area contributed by atoms with Crippen LogP contribution in [0.2, 0.25) is 0 Å². The van der Waals surface area contributed by atoms with Crippen molar-refractivity contribution in [2.75, 3.05) is 24.8 Å². The molecule has 0 saturated heterocycles. The Morgan fingerprint density at radius 2 is 2.03 bits per heavy atom. The molecule has 1 atom stereocenters. The summed E-state index contributed by atoms with van der Waals surface area (Å²) in [5, 5.41) is 24.8. The van der Waals surface area contributed by atoms with Crippen molar-refractivity contribution in [3.63, 3.8) is 0 Å². The van der Waals surface area contributed by atoms with Crippen molar-refractivity contribution in [1.29, 1.82) is 0 Å². The number of carbonyl (C=O) groups excluding carboxylic acids is 2. The van der Waals surface area contributed by atoms with Crippen LogP contribution in [-0.4, -0.2) is 56.1 Å². The summed E-state index contributed by atoms with van der Waals surface area (Å²) in [7, 11) is 4.72.